The topological polar surface area (TPSA) is 56.3 Å². The normalized spacial score (nSPS) is 11.6. The molecule has 0 aliphatic carbocycles. The smallest absolute Gasteiger partial charge is 0.272 e. The first-order chi connectivity index (χ1) is 8.82. The number of aryl methyl sites for hydroxylation is 1. The molecule has 1 aromatic heterocycles. The Labute approximate surface area is 124 Å². The van der Waals surface area contributed by atoms with E-state index in [1.807, 2.05) is 0 Å². The van der Waals surface area contributed by atoms with Gasteiger partial charge in [-0.1, -0.05) is 11.6 Å². The van der Waals surface area contributed by atoms with E-state index in [0.29, 0.717) is 27.0 Å². The van der Waals surface area contributed by atoms with Gasteiger partial charge in [0.2, 0.25) is 0 Å². The molecule has 1 heterocycles. The highest BCUT2D eigenvalue weighted by atomic mass is 35.7. The maximum atomic E-state index is 11.4. The molecule has 0 unspecified atom stereocenters. The monoisotopic (exact) mass is 337 g/mol. The van der Waals surface area contributed by atoms with Crippen molar-refractivity contribution in [1.29, 1.82) is 0 Å². The molecule has 0 saturated heterocycles. The summed E-state index contributed by atoms with van der Waals surface area (Å²) in [5.41, 5.74) is 0.992. The van der Waals surface area contributed by atoms with Crippen molar-refractivity contribution in [3.05, 3.63) is 28.9 Å². The number of methoxy groups -OCH3 is 1. The minimum absolute atomic E-state index is 0.0335. The molecule has 0 atom stereocenters. The van der Waals surface area contributed by atoms with Crippen LogP contribution in [0.1, 0.15) is 5.69 Å². The van der Waals surface area contributed by atoms with Gasteiger partial charge in [0.15, 0.2) is 4.21 Å². The Kier molecular flexibility index (Phi) is 4.06. The predicted molar refractivity (Wildman–Crippen MR) is 76.9 cm³/mol. The fraction of sp³-hybridized carbons (Fsp3) is 0.182. The molecule has 0 saturated carbocycles. The Hall–Kier alpha value is -0.820. The van der Waals surface area contributed by atoms with E-state index < -0.39 is 9.05 Å². The summed E-state index contributed by atoms with van der Waals surface area (Å²) in [7, 11) is 3.08. The van der Waals surface area contributed by atoms with E-state index in [-0.39, 0.29) is 4.21 Å². The molecule has 4 nitrogen and oxygen atoms in total. The van der Waals surface area contributed by atoms with Crippen molar-refractivity contribution >= 4 is 42.7 Å². The van der Waals surface area contributed by atoms with Crippen molar-refractivity contribution in [2.75, 3.05) is 7.11 Å². The van der Waals surface area contributed by atoms with Gasteiger partial charge in [-0.3, -0.25) is 0 Å². The number of benzene rings is 1. The zero-order valence-corrected chi connectivity index (χ0v) is 13.1. The van der Waals surface area contributed by atoms with Crippen molar-refractivity contribution in [1.82, 2.24) is 4.98 Å². The van der Waals surface area contributed by atoms with E-state index in [4.69, 9.17) is 27.0 Å². The van der Waals surface area contributed by atoms with Gasteiger partial charge in [0.05, 0.1) is 18.4 Å². The van der Waals surface area contributed by atoms with Gasteiger partial charge in [-0.2, -0.15) is 0 Å². The number of thiazole rings is 1. The quantitative estimate of drug-likeness (QED) is 0.801. The Morgan fingerprint density at radius 1 is 1.37 bits per heavy atom. The fourth-order valence-corrected chi connectivity index (χ4v) is 4.22. The number of rotatable bonds is 3. The highest BCUT2D eigenvalue weighted by Crippen LogP contribution is 2.38. The maximum absolute atomic E-state index is 11.4. The molecule has 0 N–H and O–H groups in total. The van der Waals surface area contributed by atoms with Gasteiger partial charge in [-0.15, -0.1) is 11.3 Å². The molecule has 0 fully saturated rings. The van der Waals surface area contributed by atoms with Gasteiger partial charge in [0.1, 0.15) is 10.8 Å². The predicted octanol–water partition coefficient (Wildman–Crippen LogP) is 3.71. The van der Waals surface area contributed by atoms with E-state index in [1.54, 1.807) is 25.1 Å². The first-order valence-electron chi connectivity index (χ1n) is 5.09. The molecule has 0 bridgehead atoms. The van der Waals surface area contributed by atoms with Gasteiger partial charge in [-0.05, 0) is 25.1 Å². The molecule has 0 spiro atoms. The third kappa shape index (κ3) is 3.02. The Bertz CT molecular complexity index is 726. The first-order valence-corrected chi connectivity index (χ1v) is 8.59. The minimum Gasteiger partial charge on any atom is -0.496 e. The molecule has 8 heteroatoms. The molecule has 2 rings (SSSR count). The van der Waals surface area contributed by atoms with Crippen LogP contribution in [0.2, 0.25) is 5.02 Å². The van der Waals surface area contributed by atoms with Gasteiger partial charge in [0.25, 0.3) is 9.05 Å². The van der Waals surface area contributed by atoms with Crippen LogP contribution in [0.15, 0.2) is 22.4 Å². The second-order valence-electron chi connectivity index (χ2n) is 3.67. The van der Waals surface area contributed by atoms with Crippen LogP contribution < -0.4 is 4.74 Å². The summed E-state index contributed by atoms with van der Waals surface area (Å²) < 4.78 is 28.0. The van der Waals surface area contributed by atoms with E-state index in [9.17, 15) is 8.42 Å². The average Bonchev–Trinajstić information content (AvgIpc) is 2.71. The Morgan fingerprint density at radius 2 is 2.05 bits per heavy atom. The van der Waals surface area contributed by atoms with E-state index in [2.05, 4.69) is 4.98 Å². The van der Waals surface area contributed by atoms with Crippen molar-refractivity contribution in [3.63, 3.8) is 0 Å². The van der Waals surface area contributed by atoms with E-state index >= 15 is 0 Å². The first kappa shape index (κ1) is 14.6. The number of halogens is 2. The summed E-state index contributed by atoms with van der Waals surface area (Å²) in [6, 6.07) is 5.05. The molecule has 102 valence electrons. The highest BCUT2D eigenvalue weighted by molar-refractivity contribution is 8.15. The fourth-order valence-electron chi connectivity index (χ4n) is 1.57. The second kappa shape index (κ2) is 5.28. The lowest BCUT2D eigenvalue weighted by Crippen LogP contribution is -1.88. The zero-order chi connectivity index (χ0) is 14.2. The summed E-state index contributed by atoms with van der Waals surface area (Å²) in [6.07, 6.45) is 0. The minimum atomic E-state index is -3.80. The highest BCUT2D eigenvalue weighted by Gasteiger charge is 2.21. The largest absolute Gasteiger partial charge is 0.496 e. The number of nitrogens with zero attached hydrogens (tertiary/aromatic N) is 1. The van der Waals surface area contributed by atoms with Crippen LogP contribution in [0.3, 0.4) is 0 Å². The molecule has 0 aliphatic heterocycles. The number of hydrogen-bond donors (Lipinski definition) is 0. The molecular weight excluding hydrogens is 329 g/mol. The van der Waals surface area contributed by atoms with Gasteiger partial charge in [0, 0.05) is 15.7 Å². The van der Waals surface area contributed by atoms with Crippen molar-refractivity contribution in [2.24, 2.45) is 0 Å². The van der Waals surface area contributed by atoms with E-state index in [1.165, 1.54) is 7.11 Å². The Morgan fingerprint density at radius 3 is 2.58 bits per heavy atom. The van der Waals surface area contributed by atoms with Crippen LogP contribution >= 0.6 is 33.6 Å². The van der Waals surface area contributed by atoms with E-state index in [0.717, 1.165) is 11.3 Å². The van der Waals surface area contributed by atoms with Gasteiger partial charge >= 0.3 is 0 Å². The van der Waals surface area contributed by atoms with Crippen molar-refractivity contribution in [2.45, 2.75) is 11.1 Å². The number of aromatic nitrogens is 1. The molecule has 2 aromatic rings. The molecular formula is C11H9Cl2NO3S2. The maximum Gasteiger partial charge on any atom is 0.272 e. The van der Waals surface area contributed by atoms with Crippen LogP contribution in [-0.2, 0) is 9.05 Å². The summed E-state index contributed by atoms with van der Waals surface area (Å²) in [5, 5.41) is 1.01. The molecule has 0 radical (unpaired) electrons. The van der Waals surface area contributed by atoms with Crippen LogP contribution in [0.5, 0.6) is 5.75 Å². The lowest BCUT2D eigenvalue weighted by molar-refractivity contribution is 0.416. The lowest BCUT2D eigenvalue weighted by Gasteiger charge is -2.05. The van der Waals surface area contributed by atoms with Crippen LogP contribution in [-0.4, -0.2) is 20.5 Å². The van der Waals surface area contributed by atoms with Crippen molar-refractivity contribution < 1.29 is 13.2 Å². The van der Waals surface area contributed by atoms with Crippen LogP contribution in [0.25, 0.3) is 10.6 Å². The third-order valence-electron chi connectivity index (χ3n) is 2.37. The molecule has 0 aliphatic rings. The Balaban J connectivity index is 2.64. The number of hydrogen-bond acceptors (Lipinski definition) is 5. The average molecular weight is 338 g/mol. The zero-order valence-electron chi connectivity index (χ0n) is 9.98. The van der Waals surface area contributed by atoms with Crippen LogP contribution in [0.4, 0.5) is 0 Å². The number of ether oxygens (including phenoxy) is 1. The second-order valence-corrected chi connectivity index (χ2v) is 7.87. The SMILES string of the molecule is COc1ccc(Cl)cc1-c1nc(C)c(S(=O)(=O)Cl)s1. The van der Waals surface area contributed by atoms with Crippen LogP contribution in [0, 0.1) is 6.92 Å². The molecule has 1 aromatic carbocycles. The summed E-state index contributed by atoms with van der Waals surface area (Å²) in [4.78, 5) is 4.21. The lowest BCUT2D eigenvalue weighted by atomic mass is 10.2. The summed E-state index contributed by atoms with van der Waals surface area (Å²) >= 11 is 6.93. The van der Waals surface area contributed by atoms with Crippen molar-refractivity contribution in [3.8, 4) is 16.3 Å². The summed E-state index contributed by atoms with van der Waals surface area (Å²) in [5.74, 6) is 0.566. The van der Waals surface area contributed by atoms with Gasteiger partial charge in [-0.25, -0.2) is 13.4 Å². The molecule has 19 heavy (non-hydrogen) atoms. The standard InChI is InChI=1S/C11H9Cl2NO3S2/c1-6-11(19(13,15)16)18-10(14-6)8-5-7(12)3-4-9(8)17-2/h3-5H,1-2H3. The third-order valence-corrected chi connectivity index (χ3v) is 5.97. The molecule has 0 amide bonds. The van der Waals surface area contributed by atoms with Gasteiger partial charge < -0.3 is 4.74 Å². The summed E-state index contributed by atoms with van der Waals surface area (Å²) in [6.45, 7) is 1.59.